The minimum absolute atomic E-state index is 0.0606. The Morgan fingerprint density at radius 3 is 2.47 bits per heavy atom. The van der Waals surface area contributed by atoms with E-state index >= 15 is 0 Å². The Balaban J connectivity index is 1.24. The van der Waals surface area contributed by atoms with Gasteiger partial charge in [-0.3, -0.25) is 9.59 Å². The van der Waals surface area contributed by atoms with Crippen LogP contribution in [0.2, 0.25) is 5.02 Å². The molecule has 160 valence electrons. The molecule has 1 aliphatic heterocycles. The van der Waals surface area contributed by atoms with Crippen LogP contribution in [0.15, 0.2) is 54.6 Å². The van der Waals surface area contributed by atoms with Gasteiger partial charge in [-0.15, -0.1) is 11.8 Å². The van der Waals surface area contributed by atoms with Crippen molar-refractivity contribution in [3.05, 3.63) is 70.7 Å². The Hall–Kier alpha value is -1.98. The van der Waals surface area contributed by atoms with Crippen LogP contribution in [-0.4, -0.2) is 35.2 Å². The molecule has 0 aliphatic carbocycles. The first-order valence-electron chi connectivity index (χ1n) is 10.6. The summed E-state index contributed by atoms with van der Waals surface area (Å²) in [7, 11) is 0. The minimum atomic E-state index is -0.0606. The number of thioether (sulfide) groups is 1. The van der Waals surface area contributed by atoms with Gasteiger partial charge in [0.1, 0.15) is 6.54 Å². The summed E-state index contributed by atoms with van der Waals surface area (Å²) in [5, 5.41) is 3.84. The first-order valence-corrected chi connectivity index (χ1v) is 12.0. The van der Waals surface area contributed by atoms with E-state index in [1.54, 1.807) is 16.7 Å². The van der Waals surface area contributed by atoms with Crippen LogP contribution in [0.4, 0.5) is 0 Å². The summed E-state index contributed by atoms with van der Waals surface area (Å²) in [5.74, 6) is 0.861. The predicted octanol–water partition coefficient (Wildman–Crippen LogP) is 5.05. The lowest BCUT2D eigenvalue weighted by Crippen LogP contribution is -2.54. The van der Waals surface area contributed by atoms with Gasteiger partial charge < -0.3 is 10.2 Å². The highest BCUT2D eigenvalue weighted by Crippen LogP contribution is 2.31. The molecule has 0 saturated carbocycles. The number of likely N-dealkylation sites (tertiary alicyclic amines) is 1. The monoisotopic (exact) mass is 444 g/mol. The van der Waals surface area contributed by atoms with Crippen LogP contribution < -0.4 is 5.32 Å². The lowest BCUT2D eigenvalue weighted by Gasteiger charge is -2.39. The number of halogens is 1. The molecule has 2 aromatic rings. The molecular weight excluding hydrogens is 416 g/mol. The number of nitrogens with zero attached hydrogens (tertiary/aromatic N) is 1. The molecule has 3 rings (SSSR count). The average molecular weight is 445 g/mol. The van der Waals surface area contributed by atoms with Gasteiger partial charge in [0.25, 0.3) is 0 Å². The third kappa shape index (κ3) is 7.37. The van der Waals surface area contributed by atoms with Crippen molar-refractivity contribution in [2.45, 2.75) is 49.7 Å². The summed E-state index contributed by atoms with van der Waals surface area (Å²) >= 11 is 7.62. The fourth-order valence-electron chi connectivity index (χ4n) is 3.43. The van der Waals surface area contributed by atoms with Crippen molar-refractivity contribution in [3.8, 4) is 0 Å². The average Bonchev–Trinajstić information content (AvgIpc) is 2.76. The van der Waals surface area contributed by atoms with E-state index in [0.717, 1.165) is 42.9 Å². The molecule has 1 atom stereocenters. The summed E-state index contributed by atoms with van der Waals surface area (Å²) < 4.78 is 0. The van der Waals surface area contributed by atoms with E-state index in [9.17, 15) is 9.59 Å². The van der Waals surface area contributed by atoms with E-state index in [-0.39, 0.29) is 23.7 Å². The second-order valence-corrected chi connectivity index (χ2v) is 9.22. The summed E-state index contributed by atoms with van der Waals surface area (Å²) in [6, 6.07) is 18.2. The van der Waals surface area contributed by atoms with Crippen LogP contribution in [0.5, 0.6) is 0 Å². The zero-order valence-corrected chi connectivity index (χ0v) is 18.8. The van der Waals surface area contributed by atoms with Crippen molar-refractivity contribution in [2.24, 2.45) is 0 Å². The van der Waals surface area contributed by atoms with Crippen LogP contribution in [0.3, 0.4) is 0 Å². The number of carbonyl (C=O) groups is 2. The van der Waals surface area contributed by atoms with Crippen LogP contribution in [0.25, 0.3) is 0 Å². The topological polar surface area (TPSA) is 49.4 Å². The van der Waals surface area contributed by atoms with Crippen LogP contribution in [-0.2, 0) is 21.8 Å². The zero-order valence-electron chi connectivity index (χ0n) is 17.2. The summed E-state index contributed by atoms with van der Waals surface area (Å²) in [6.07, 6.45) is 5.92. The molecule has 2 amide bonds. The molecule has 1 aliphatic rings. The Labute approximate surface area is 188 Å². The fourth-order valence-corrected chi connectivity index (χ4v) is 4.76. The van der Waals surface area contributed by atoms with E-state index < -0.39 is 0 Å². The highest BCUT2D eigenvalue weighted by Gasteiger charge is 2.37. The molecule has 1 fully saturated rings. The lowest BCUT2D eigenvalue weighted by atomic mass is 10.1. The Bertz CT molecular complexity index is 814. The number of hydrogen-bond acceptors (Lipinski definition) is 3. The quantitative estimate of drug-likeness (QED) is 0.368. The van der Waals surface area contributed by atoms with Crippen LogP contribution in [0.1, 0.15) is 43.2 Å². The molecule has 0 spiro atoms. The van der Waals surface area contributed by atoms with E-state index in [1.807, 2.05) is 30.3 Å². The fraction of sp³-hybridized carbons (Fsp3) is 0.417. The van der Waals surface area contributed by atoms with Gasteiger partial charge in [-0.1, -0.05) is 66.9 Å². The first kappa shape index (κ1) is 22.7. The van der Waals surface area contributed by atoms with Gasteiger partial charge in [0.05, 0.1) is 11.8 Å². The number of amides is 2. The van der Waals surface area contributed by atoms with Crippen molar-refractivity contribution in [3.63, 3.8) is 0 Å². The van der Waals surface area contributed by atoms with Gasteiger partial charge in [-0.2, -0.15) is 0 Å². The standard InChI is InChI=1S/C24H29ClN2O2S/c25-21-13-11-19(12-14-21)8-4-1-2-7-15-26-22(28)17-27-23(29)16-24(27)30-18-20-9-5-3-6-10-20/h3,5-6,9-14,24H,1-2,4,7-8,15-18H2,(H,26,28)/t24-/m1/s1. The predicted molar refractivity (Wildman–Crippen MR) is 124 cm³/mol. The highest BCUT2D eigenvalue weighted by molar-refractivity contribution is 7.99. The van der Waals surface area contributed by atoms with E-state index in [2.05, 4.69) is 29.6 Å². The molecule has 2 aromatic carbocycles. The van der Waals surface area contributed by atoms with Crippen molar-refractivity contribution < 1.29 is 9.59 Å². The normalized spacial score (nSPS) is 15.7. The Morgan fingerprint density at radius 2 is 1.73 bits per heavy atom. The number of nitrogens with one attached hydrogen (secondary N) is 1. The SMILES string of the molecule is O=C(CN1C(=O)C[C@H]1SCc1ccccc1)NCCCCCCc1ccc(Cl)cc1. The smallest absolute Gasteiger partial charge is 0.239 e. The zero-order chi connectivity index (χ0) is 21.2. The minimum Gasteiger partial charge on any atom is -0.355 e. The van der Waals surface area contributed by atoms with Gasteiger partial charge in [0, 0.05) is 17.3 Å². The largest absolute Gasteiger partial charge is 0.355 e. The number of rotatable bonds is 12. The first-order chi connectivity index (χ1) is 14.6. The maximum absolute atomic E-state index is 12.2. The summed E-state index contributed by atoms with van der Waals surface area (Å²) in [4.78, 5) is 25.8. The number of benzene rings is 2. The number of aryl methyl sites for hydroxylation is 1. The number of hydrogen-bond donors (Lipinski definition) is 1. The van der Waals surface area contributed by atoms with E-state index in [1.165, 1.54) is 11.1 Å². The summed E-state index contributed by atoms with van der Waals surface area (Å²) in [5.41, 5.74) is 2.55. The Kier molecular flexibility index (Phi) is 9.09. The molecule has 0 radical (unpaired) electrons. The molecule has 1 N–H and O–H groups in total. The molecule has 4 nitrogen and oxygen atoms in total. The second kappa shape index (κ2) is 12.0. The molecular formula is C24H29ClN2O2S. The van der Waals surface area contributed by atoms with Crippen LogP contribution >= 0.6 is 23.4 Å². The van der Waals surface area contributed by atoms with Crippen molar-refractivity contribution in [1.82, 2.24) is 10.2 Å². The van der Waals surface area contributed by atoms with Crippen molar-refractivity contribution >= 4 is 35.2 Å². The number of unbranched alkanes of at least 4 members (excludes halogenated alkanes) is 3. The van der Waals surface area contributed by atoms with Crippen LogP contribution in [0, 0.1) is 0 Å². The van der Waals surface area contributed by atoms with Gasteiger partial charge in [0.15, 0.2) is 0 Å². The maximum atomic E-state index is 12.2. The maximum Gasteiger partial charge on any atom is 0.239 e. The van der Waals surface area contributed by atoms with E-state index in [0.29, 0.717) is 13.0 Å². The third-order valence-electron chi connectivity index (χ3n) is 5.24. The van der Waals surface area contributed by atoms with Gasteiger partial charge in [-0.05, 0) is 42.5 Å². The molecule has 30 heavy (non-hydrogen) atoms. The number of carbonyl (C=O) groups excluding carboxylic acids is 2. The van der Waals surface area contributed by atoms with E-state index in [4.69, 9.17) is 11.6 Å². The summed E-state index contributed by atoms with van der Waals surface area (Å²) in [6.45, 7) is 0.839. The molecule has 0 bridgehead atoms. The molecule has 1 heterocycles. The number of β-lactam (4-membered cyclic amide) rings is 1. The lowest BCUT2D eigenvalue weighted by molar-refractivity contribution is -0.145. The second-order valence-electron chi connectivity index (χ2n) is 7.62. The molecule has 0 aromatic heterocycles. The van der Waals surface area contributed by atoms with Gasteiger partial charge in [-0.25, -0.2) is 0 Å². The Morgan fingerprint density at radius 1 is 1.00 bits per heavy atom. The molecule has 0 unspecified atom stereocenters. The van der Waals surface area contributed by atoms with Gasteiger partial charge >= 0.3 is 0 Å². The molecule has 6 heteroatoms. The van der Waals surface area contributed by atoms with Gasteiger partial charge in [0.2, 0.25) is 11.8 Å². The molecule has 1 saturated heterocycles. The van der Waals surface area contributed by atoms with Crippen molar-refractivity contribution in [2.75, 3.05) is 13.1 Å². The third-order valence-corrected chi connectivity index (χ3v) is 6.80. The van der Waals surface area contributed by atoms with Crippen molar-refractivity contribution in [1.29, 1.82) is 0 Å². The highest BCUT2D eigenvalue weighted by atomic mass is 35.5.